The molecule has 1 heterocycles. The molecule has 1 fully saturated rings. The van der Waals surface area contributed by atoms with Crippen LogP contribution >= 0.6 is 0 Å². The van der Waals surface area contributed by atoms with E-state index in [2.05, 4.69) is 140 Å². The fourth-order valence-electron chi connectivity index (χ4n) is 8.38. The first-order valence-corrected chi connectivity index (χ1v) is 17.6. The Balaban J connectivity index is 1.22. The monoisotopic (exact) mass is 641 g/mol. The zero-order chi connectivity index (χ0) is 33.5. The lowest BCUT2D eigenvalue weighted by Crippen LogP contribution is -2.28. The summed E-state index contributed by atoms with van der Waals surface area (Å²) in [4.78, 5) is 10.5. The Morgan fingerprint density at radius 3 is 1.74 bits per heavy atom. The topological polar surface area (TPSA) is 49.6 Å². The number of hydrogen-bond acceptors (Lipinski definition) is 3. The smallest absolute Gasteiger partial charge is 0.161 e. The van der Waals surface area contributed by atoms with Crippen LogP contribution in [-0.2, 0) is 5.41 Å². The average molecular weight is 642 g/mol. The van der Waals surface area contributed by atoms with Gasteiger partial charge in [-0.25, -0.2) is 9.97 Å². The predicted octanol–water partition coefficient (Wildman–Crippen LogP) is 11.9. The molecule has 0 unspecified atom stereocenters. The molecule has 238 valence electrons. The van der Waals surface area contributed by atoms with Crippen molar-refractivity contribution in [1.29, 1.82) is 5.26 Å². The summed E-state index contributed by atoms with van der Waals surface area (Å²) in [7, 11) is 0. The van der Waals surface area contributed by atoms with Crippen molar-refractivity contribution in [2.45, 2.75) is 37.5 Å². The summed E-state index contributed by atoms with van der Waals surface area (Å²) >= 11 is 0. The number of nitrogens with zero attached hydrogens (tertiary/aromatic N) is 3. The number of aromatic nitrogens is 2. The molecule has 50 heavy (non-hydrogen) atoms. The summed E-state index contributed by atoms with van der Waals surface area (Å²) in [5.74, 6) is 0.701. The molecule has 3 nitrogen and oxygen atoms in total. The second kappa shape index (κ2) is 12.4. The van der Waals surface area contributed by atoms with Crippen molar-refractivity contribution in [3.63, 3.8) is 0 Å². The lowest BCUT2D eigenvalue weighted by molar-refractivity contribution is 0.353. The molecule has 2 aliphatic rings. The molecule has 0 radical (unpaired) electrons. The normalized spacial score (nSPS) is 14.1. The molecule has 0 atom stereocenters. The summed E-state index contributed by atoms with van der Waals surface area (Å²) in [5, 5.41) is 9.88. The molecule has 0 bridgehead atoms. The molecule has 3 heteroatoms. The molecule has 0 saturated heterocycles. The first kappa shape index (κ1) is 30.0. The van der Waals surface area contributed by atoms with Gasteiger partial charge in [-0.2, -0.15) is 5.26 Å². The first-order valence-electron chi connectivity index (χ1n) is 17.6. The highest BCUT2D eigenvalue weighted by atomic mass is 14.9. The SMILES string of the molecule is N#Cc1ccc2c(c1)C1(CCCCC1)c1cccc(-c3ccccc3-c3nc(-c4ccccc4)cc(-c4ccc(-c5ccccc5)cc4)n3)c1-2. The van der Waals surface area contributed by atoms with E-state index < -0.39 is 0 Å². The number of fused-ring (bicyclic) bond motifs is 5. The molecular weight excluding hydrogens is 607 g/mol. The van der Waals surface area contributed by atoms with Crippen LogP contribution in [0.2, 0.25) is 0 Å². The van der Waals surface area contributed by atoms with E-state index in [0.29, 0.717) is 5.82 Å². The van der Waals surface area contributed by atoms with E-state index in [1.54, 1.807) is 0 Å². The van der Waals surface area contributed by atoms with E-state index in [1.807, 2.05) is 18.2 Å². The number of rotatable bonds is 5. The molecule has 1 aromatic heterocycles. The number of benzene rings is 6. The van der Waals surface area contributed by atoms with Gasteiger partial charge in [0, 0.05) is 22.1 Å². The van der Waals surface area contributed by atoms with E-state index in [4.69, 9.17) is 9.97 Å². The Kier molecular flexibility index (Phi) is 7.44. The van der Waals surface area contributed by atoms with Crippen LogP contribution < -0.4 is 0 Å². The van der Waals surface area contributed by atoms with Gasteiger partial charge in [-0.15, -0.1) is 0 Å². The molecule has 7 aromatic rings. The first-order chi connectivity index (χ1) is 24.7. The van der Waals surface area contributed by atoms with Crippen LogP contribution in [0.3, 0.4) is 0 Å². The average Bonchev–Trinajstić information content (AvgIpc) is 3.46. The van der Waals surface area contributed by atoms with Crippen molar-refractivity contribution < 1.29 is 0 Å². The van der Waals surface area contributed by atoms with Crippen LogP contribution in [0.5, 0.6) is 0 Å². The molecule has 1 spiro atoms. The van der Waals surface area contributed by atoms with Crippen LogP contribution in [-0.4, -0.2) is 9.97 Å². The molecule has 2 aliphatic carbocycles. The van der Waals surface area contributed by atoms with Crippen molar-refractivity contribution in [3.05, 3.63) is 168 Å². The summed E-state index contributed by atoms with van der Waals surface area (Å²) in [5.41, 5.74) is 15.5. The maximum absolute atomic E-state index is 9.88. The van der Waals surface area contributed by atoms with Crippen LogP contribution in [0.15, 0.2) is 152 Å². The van der Waals surface area contributed by atoms with Gasteiger partial charge in [0.1, 0.15) is 0 Å². The third kappa shape index (κ3) is 5.04. The zero-order valence-electron chi connectivity index (χ0n) is 27.8. The van der Waals surface area contributed by atoms with Gasteiger partial charge in [-0.3, -0.25) is 0 Å². The predicted molar refractivity (Wildman–Crippen MR) is 203 cm³/mol. The van der Waals surface area contributed by atoms with Crippen molar-refractivity contribution in [1.82, 2.24) is 9.97 Å². The fourth-order valence-corrected chi connectivity index (χ4v) is 8.38. The second-order valence-electron chi connectivity index (χ2n) is 13.6. The van der Waals surface area contributed by atoms with Crippen molar-refractivity contribution >= 4 is 0 Å². The van der Waals surface area contributed by atoms with E-state index in [-0.39, 0.29) is 5.41 Å². The molecule has 9 rings (SSSR count). The third-order valence-electron chi connectivity index (χ3n) is 10.8. The van der Waals surface area contributed by atoms with Crippen LogP contribution in [0, 0.1) is 11.3 Å². The Morgan fingerprint density at radius 2 is 1.04 bits per heavy atom. The Morgan fingerprint density at radius 1 is 0.460 bits per heavy atom. The van der Waals surface area contributed by atoms with E-state index in [9.17, 15) is 5.26 Å². The molecule has 1 saturated carbocycles. The number of hydrogen-bond donors (Lipinski definition) is 0. The lowest BCUT2D eigenvalue weighted by Gasteiger charge is -2.36. The largest absolute Gasteiger partial charge is 0.228 e. The van der Waals surface area contributed by atoms with Gasteiger partial charge in [0.2, 0.25) is 0 Å². The highest BCUT2D eigenvalue weighted by Crippen LogP contribution is 2.58. The minimum atomic E-state index is -0.0520. The van der Waals surface area contributed by atoms with Crippen molar-refractivity contribution in [2.24, 2.45) is 0 Å². The zero-order valence-corrected chi connectivity index (χ0v) is 27.8. The quantitative estimate of drug-likeness (QED) is 0.188. The fraction of sp³-hybridized carbons (Fsp3) is 0.128. The molecule has 6 aromatic carbocycles. The van der Waals surface area contributed by atoms with Gasteiger partial charge in [-0.1, -0.05) is 153 Å². The summed E-state index contributed by atoms with van der Waals surface area (Å²) in [6.45, 7) is 0. The molecule has 0 amide bonds. The van der Waals surface area contributed by atoms with E-state index in [0.717, 1.165) is 52.0 Å². The molecule has 0 aliphatic heterocycles. The Hall–Kier alpha value is -6.11. The van der Waals surface area contributed by atoms with E-state index >= 15 is 0 Å². The minimum absolute atomic E-state index is 0.0520. The highest BCUT2D eigenvalue weighted by Gasteiger charge is 2.44. The van der Waals surface area contributed by atoms with Gasteiger partial charge < -0.3 is 0 Å². The lowest BCUT2D eigenvalue weighted by atomic mass is 9.67. The van der Waals surface area contributed by atoms with Crippen molar-refractivity contribution in [2.75, 3.05) is 0 Å². The Bertz CT molecular complexity index is 2400. The van der Waals surface area contributed by atoms with Gasteiger partial charge >= 0.3 is 0 Å². The van der Waals surface area contributed by atoms with Crippen LogP contribution in [0.4, 0.5) is 0 Å². The molecular formula is C47H35N3. The standard InChI is InChI=1S/C47H35N3/c48-31-32-21-26-40-42(29-32)47(27-10-3-11-28-47)41-20-12-19-38(45(40)41)37-17-8-9-18-39(37)46-49-43(35-15-6-2-7-16-35)30-44(50-46)36-24-22-34(23-25-36)33-13-4-1-5-14-33/h1-2,4-9,12-26,29-30H,3,10-11,27-28H2. The van der Waals surface area contributed by atoms with Crippen LogP contribution in [0.25, 0.3) is 67.3 Å². The van der Waals surface area contributed by atoms with Crippen molar-refractivity contribution in [3.8, 4) is 73.4 Å². The minimum Gasteiger partial charge on any atom is -0.228 e. The maximum Gasteiger partial charge on any atom is 0.161 e. The number of nitriles is 1. The maximum atomic E-state index is 9.88. The highest BCUT2D eigenvalue weighted by molar-refractivity contribution is 5.96. The van der Waals surface area contributed by atoms with E-state index in [1.165, 1.54) is 58.2 Å². The summed E-state index contributed by atoms with van der Waals surface area (Å²) in [6, 6.07) is 55.8. The van der Waals surface area contributed by atoms with Gasteiger partial charge in [0.25, 0.3) is 0 Å². The van der Waals surface area contributed by atoms with Crippen LogP contribution in [0.1, 0.15) is 48.8 Å². The molecule has 0 N–H and O–H groups in total. The second-order valence-corrected chi connectivity index (χ2v) is 13.6. The van der Waals surface area contributed by atoms with Gasteiger partial charge in [0.05, 0.1) is 23.0 Å². The summed E-state index contributed by atoms with van der Waals surface area (Å²) in [6.07, 6.45) is 5.89. The Labute approximate surface area is 293 Å². The third-order valence-corrected chi connectivity index (χ3v) is 10.8. The van der Waals surface area contributed by atoms with Gasteiger partial charge in [-0.05, 0) is 75.5 Å². The van der Waals surface area contributed by atoms with Gasteiger partial charge in [0.15, 0.2) is 5.82 Å². The summed E-state index contributed by atoms with van der Waals surface area (Å²) < 4.78 is 0.